The van der Waals surface area contributed by atoms with Crippen LogP contribution in [-0.2, 0) is 4.84 Å². The molecule has 0 saturated heterocycles. The fourth-order valence-electron chi connectivity index (χ4n) is 2.84. The van der Waals surface area contributed by atoms with Crippen molar-refractivity contribution in [1.29, 1.82) is 0 Å². The van der Waals surface area contributed by atoms with Crippen LogP contribution in [0.2, 0.25) is 0 Å². The number of halogens is 3. The van der Waals surface area contributed by atoms with Crippen LogP contribution in [0, 0.1) is 30.4 Å². The summed E-state index contributed by atoms with van der Waals surface area (Å²) < 4.78 is 29.3. The van der Waals surface area contributed by atoms with Crippen molar-refractivity contribution in [2.45, 2.75) is 13.8 Å². The van der Waals surface area contributed by atoms with Gasteiger partial charge < -0.3 is 5.32 Å². The number of benzene rings is 3. The molecule has 2 N–H and O–H groups in total. The minimum atomic E-state index is -1.16. The summed E-state index contributed by atoms with van der Waals surface area (Å²) in [5.74, 6) is 3.07. The van der Waals surface area contributed by atoms with Crippen molar-refractivity contribution in [1.82, 2.24) is 5.48 Å². The van der Waals surface area contributed by atoms with Gasteiger partial charge in [-0.15, -0.1) is 0 Å². The van der Waals surface area contributed by atoms with E-state index in [9.17, 15) is 13.6 Å². The Morgan fingerprint density at radius 1 is 1.12 bits per heavy atom. The van der Waals surface area contributed by atoms with E-state index in [-0.39, 0.29) is 17.9 Å². The van der Waals surface area contributed by atoms with E-state index in [1.165, 1.54) is 6.07 Å². The van der Waals surface area contributed by atoms with E-state index in [1.807, 2.05) is 50.2 Å². The second kappa shape index (κ2) is 11.4. The molecule has 0 bridgehead atoms. The SMILES string of the molecule is C/C(C#Cc1ccccc1)=C\CONC(=O)c1ccc(F)c(F)c1Nc1ccc(Br)cc1C. The summed E-state index contributed by atoms with van der Waals surface area (Å²) >= 11 is 3.36. The minimum Gasteiger partial charge on any atom is -0.352 e. The van der Waals surface area contributed by atoms with Crippen molar-refractivity contribution < 1.29 is 18.4 Å². The predicted molar refractivity (Wildman–Crippen MR) is 129 cm³/mol. The lowest BCUT2D eigenvalue weighted by atomic mass is 10.1. The van der Waals surface area contributed by atoms with E-state index in [1.54, 1.807) is 18.2 Å². The molecule has 0 spiro atoms. The summed E-state index contributed by atoms with van der Waals surface area (Å²) in [6, 6.07) is 16.9. The monoisotopic (exact) mass is 510 g/mol. The second-order valence-electron chi connectivity index (χ2n) is 7.11. The van der Waals surface area contributed by atoms with Crippen LogP contribution >= 0.6 is 15.9 Å². The van der Waals surface area contributed by atoms with Crippen LogP contribution in [0.25, 0.3) is 0 Å². The third-order valence-electron chi connectivity index (χ3n) is 4.60. The summed E-state index contributed by atoms with van der Waals surface area (Å²) in [6.45, 7) is 3.68. The Kier molecular flexibility index (Phi) is 8.36. The first kappa shape index (κ1) is 24.2. The molecule has 33 heavy (non-hydrogen) atoms. The Bertz CT molecular complexity index is 1250. The van der Waals surface area contributed by atoms with E-state index in [0.717, 1.165) is 27.2 Å². The Morgan fingerprint density at radius 3 is 2.61 bits per heavy atom. The number of nitrogens with one attached hydrogen (secondary N) is 2. The van der Waals surface area contributed by atoms with Crippen molar-refractivity contribution in [3.05, 3.63) is 105 Å². The lowest BCUT2D eigenvalue weighted by Crippen LogP contribution is -2.25. The van der Waals surface area contributed by atoms with Gasteiger partial charge in [0.05, 0.1) is 17.9 Å². The number of hydrogen-bond donors (Lipinski definition) is 2. The van der Waals surface area contributed by atoms with E-state index in [4.69, 9.17) is 4.84 Å². The molecule has 4 nitrogen and oxygen atoms in total. The highest BCUT2D eigenvalue weighted by Gasteiger charge is 2.19. The zero-order chi connectivity index (χ0) is 23.8. The predicted octanol–water partition coefficient (Wildman–Crippen LogP) is 6.44. The fourth-order valence-corrected chi connectivity index (χ4v) is 3.31. The molecule has 0 saturated carbocycles. The van der Waals surface area contributed by atoms with Crippen LogP contribution in [-0.4, -0.2) is 12.5 Å². The number of carbonyl (C=O) groups excluding carboxylic acids is 1. The molecule has 1 amide bonds. The summed E-state index contributed by atoms with van der Waals surface area (Å²) in [4.78, 5) is 17.8. The van der Waals surface area contributed by atoms with Gasteiger partial charge in [-0.25, -0.2) is 14.3 Å². The van der Waals surface area contributed by atoms with Gasteiger partial charge in [0.15, 0.2) is 11.6 Å². The first-order valence-corrected chi connectivity index (χ1v) is 10.8. The quantitative estimate of drug-likeness (QED) is 0.228. The molecule has 0 aliphatic heterocycles. The van der Waals surface area contributed by atoms with Crippen molar-refractivity contribution in [3.63, 3.8) is 0 Å². The molecular formula is C26H21BrF2N2O2. The lowest BCUT2D eigenvalue weighted by Gasteiger charge is -2.15. The molecule has 0 atom stereocenters. The smallest absolute Gasteiger partial charge is 0.277 e. The number of allylic oxidation sites excluding steroid dienone is 1. The van der Waals surface area contributed by atoms with Gasteiger partial charge in [0.2, 0.25) is 0 Å². The maximum Gasteiger partial charge on any atom is 0.277 e. The standard InChI is InChI=1S/C26H21BrF2N2O2/c1-17(8-9-19-6-4-3-5-7-19)14-15-33-31-26(32)21-11-12-22(28)24(29)25(21)30-23-13-10-20(27)16-18(23)2/h3-7,10-14,16,30H,15H2,1-2H3,(H,31,32)/b17-14+. The molecule has 7 heteroatoms. The van der Waals surface area contributed by atoms with Gasteiger partial charge in [0.25, 0.3) is 5.91 Å². The van der Waals surface area contributed by atoms with Crippen LogP contribution in [0.3, 0.4) is 0 Å². The Balaban J connectivity index is 1.67. The third kappa shape index (κ3) is 6.75. The summed E-state index contributed by atoms with van der Waals surface area (Å²) in [5.41, 5.74) is 4.85. The zero-order valence-corrected chi connectivity index (χ0v) is 19.6. The molecule has 0 unspecified atom stereocenters. The van der Waals surface area contributed by atoms with Crippen molar-refractivity contribution in [3.8, 4) is 11.8 Å². The first-order valence-electron chi connectivity index (χ1n) is 10.0. The maximum absolute atomic E-state index is 14.5. The molecule has 0 heterocycles. The Labute approximate surface area is 199 Å². The van der Waals surface area contributed by atoms with Gasteiger partial charge in [-0.2, -0.15) is 0 Å². The highest BCUT2D eigenvalue weighted by Crippen LogP contribution is 2.29. The van der Waals surface area contributed by atoms with E-state index >= 15 is 0 Å². The molecular weight excluding hydrogens is 490 g/mol. The van der Waals surface area contributed by atoms with Crippen LogP contribution < -0.4 is 10.8 Å². The van der Waals surface area contributed by atoms with Crippen molar-refractivity contribution >= 4 is 33.2 Å². The van der Waals surface area contributed by atoms with Crippen LogP contribution in [0.15, 0.2) is 76.8 Å². The lowest BCUT2D eigenvalue weighted by molar-refractivity contribution is 0.0420. The molecule has 0 aromatic heterocycles. The molecule has 0 fully saturated rings. The molecule has 3 aromatic carbocycles. The number of amides is 1. The number of hydrogen-bond acceptors (Lipinski definition) is 3. The number of rotatable bonds is 6. The molecule has 3 rings (SSSR count). The van der Waals surface area contributed by atoms with Gasteiger partial charge >= 0.3 is 0 Å². The molecule has 168 valence electrons. The highest BCUT2D eigenvalue weighted by atomic mass is 79.9. The number of hydroxylamine groups is 1. The van der Waals surface area contributed by atoms with E-state index in [2.05, 4.69) is 38.6 Å². The molecule has 0 aliphatic rings. The number of anilines is 2. The minimum absolute atomic E-state index is 0.0549. The molecule has 0 radical (unpaired) electrons. The average Bonchev–Trinajstić information content (AvgIpc) is 2.80. The van der Waals surface area contributed by atoms with Crippen LogP contribution in [0.5, 0.6) is 0 Å². The van der Waals surface area contributed by atoms with Gasteiger partial charge in [-0.05, 0) is 73.5 Å². The van der Waals surface area contributed by atoms with Crippen LogP contribution in [0.1, 0.15) is 28.4 Å². The van der Waals surface area contributed by atoms with Gasteiger partial charge in [0, 0.05) is 15.7 Å². The van der Waals surface area contributed by atoms with E-state index in [0.29, 0.717) is 5.69 Å². The largest absolute Gasteiger partial charge is 0.352 e. The average molecular weight is 511 g/mol. The third-order valence-corrected chi connectivity index (χ3v) is 5.10. The van der Waals surface area contributed by atoms with Gasteiger partial charge in [-0.1, -0.05) is 46.0 Å². The first-order chi connectivity index (χ1) is 15.8. The Hall–Kier alpha value is -3.47. The topological polar surface area (TPSA) is 50.4 Å². The summed E-state index contributed by atoms with van der Waals surface area (Å²) in [7, 11) is 0. The maximum atomic E-state index is 14.5. The summed E-state index contributed by atoms with van der Waals surface area (Å²) in [6.07, 6.45) is 1.70. The van der Waals surface area contributed by atoms with Gasteiger partial charge in [0.1, 0.15) is 0 Å². The summed E-state index contributed by atoms with van der Waals surface area (Å²) in [5, 5.41) is 2.82. The normalized spacial score (nSPS) is 10.9. The molecule has 0 aliphatic carbocycles. The van der Waals surface area contributed by atoms with Crippen molar-refractivity contribution in [2.75, 3.05) is 11.9 Å². The highest BCUT2D eigenvalue weighted by molar-refractivity contribution is 9.10. The van der Waals surface area contributed by atoms with Crippen molar-refractivity contribution in [2.24, 2.45) is 0 Å². The van der Waals surface area contributed by atoms with Gasteiger partial charge in [-0.3, -0.25) is 9.63 Å². The second-order valence-corrected chi connectivity index (χ2v) is 8.03. The zero-order valence-electron chi connectivity index (χ0n) is 18.0. The fraction of sp³-hybridized carbons (Fsp3) is 0.115. The molecule has 3 aromatic rings. The Morgan fingerprint density at radius 2 is 1.88 bits per heavy atom. The number of carbonyl (C=O) groups is 1. The van der Waals surface area contributed by atoms with Crippen LogP contribution in [0.4, 0.5) is 20.2 Å². The van der Waals surface area contributed by atoms with E-state index < -0.39 is 17.5 Å². The number of aryl methyl sites for hydroxylation is 1.